The highest BCUT2D eigenvalue weighted by Crippen LogP contribution is 2.34. The van der Waals surface area contributed by atoms with Gasteiger partial charge in [0.25, 0.3) is 0 Å². The zero-order valence-electron chi connectivity index (χ0n) is 19.7. The molecule has 8 nitrogen and oxygen atoms in total. The van der Waals surface area contributed by atoms with Crippen LogP contribution in [0.25, 0.3) is 22.3 Å². The number of anilines is 1. The van der Waals surface area contributed by atoms with Gasteiger partial charge in [-0.25, -0.2) is 9.67 Å². The van der Waals surface area contributed by atoms with Crippen LogP contribution in [0.3, 0.4) is 0 Å². The normalized spacial score (nSPS) is 19.6. The van der Waals surface area contributed by atoms with Crippen molar-refractivity contribution < 1.29 is 10.2 Å². The molecular formula is C25H36N6O2. The smallest absolute Gasteiger partial charge is 0.224 e. The summed E-state index contributed by atoms with van der Waals surface area (Å²) in [5, 5.41) is 31.5. The summed E-state index contributed by atoms with van der Waals surface area (Å²) in [6.07, 6.45) is 7.21. The summed E-state index contributed by atoms with van der Waals surface area (Å²) >= 11 is 0. The average Bonchev–Trinajstić information content (AvgIpc) is 3.19. The third-order valence-corrected chi connectivity index (χ3v) is 6.40. The highest BCUT2D eigenvalue weighted by atomic mass is 16.3. The molecule has 1 fully saturated rings. The molecule has 4 rings (SSSR count). The lowest BCUT2D eigenvalue weighted by atomic mass is 9.93. The van der Waals surface area contributed by atoms with Gasteiger partial charge in [-0.15, -0.1) is 0 Å². The van der Waals surface area contributed by atoms with Crippen LogP contribution in [-0.4, -0.2) is 55.3 Å². The Morgan fingerprint density at radius 3 is 2.61 bits per heavy atom. The summed E-state index contributed by atoms with van der Waals surface area (Å²) in [5.41, 5.74) is 3.93. The fourth-order valence-electron chi connectivity index (χ4n) is 4.58. The van der Waals surface area contributed by atoms with E-state index in [-0.39, 0.29) is 18.8 Å². The maximum absolute atomic E-state index is 9.98. The zero-order chi connectivity index (χ0) is 23.2. The van der Waals surface area contributed by atoms with Gasteiger partial charge in [-0.1, -0.05) is 37.6 Å². The van der Waals surface area contributed by atoms with Gasteiger partial charge in [0, 0.05) is 30.9 Å². The van der Waals surface area contributed by atoms with Gasteiger partial charge in [0.15, 0.2) is 5.65 Å². The molecule has 1 atom stereocenters. The third kappa shape index (κ3) is 5.69. The Kier molecular flexibility index (Phi) is 7.90. The number of hydrogen-bond donors (Lipinski definition) is 4. The number of nitrogens with zero attached hydrogens (tertiary/aromatic N) is 4. The van der Waals surface area contributed by atoms with E-state index in [9.17, 15) is 5.11 Å². The minimum Gasteiger partial charge on any atom is -0.395 e. The van der Waals surface area contributed by atoms with Crippen LogP contribution in [0.15, 0.2) is 30.5 Å². The Morgan fingerprint density at radius 1 is 1.15 bits per heavy atom. The highest BCUT2D eigenvalue weighted by molar-refractivity contribution is 5.91. The van der Waals surface area contributed by atoms with Crippen molar-refractivity contribution in [1.29, 1.82) is 0 Å². The number of nitrogens with one attached hydrogen (secondary N) is 2. The van der Waals surface area contributed by atoms with Crippen molar-refractivity contribution in [2.24, 2.45) is 0 Å². The van der Waals surface area contributed by atoms with E-state index in [4.69, 9.17) is 15.2 Å². The van der Waals surface area contributed by atoms with Gasteiger partial charge in [-0.05, 0) is 44.6 Å². The van der Waals surface area contributed by atoms with Crippen LogP contribution in [-0.2, 0) is 6.54 Å². The fourth-order valence-corrected chi connectivity index (χ4v) is 4.58. The van der Waals surface area contributed by atoms with Crippen molar-refractivity contribution in [3.63, 3.8) is 0 Å². The molecule has 1 aliphatic carbocycles. The number of rotatable bonds is 10. The van der Waals surface area contributed by atoms with Crippen LogP contribution < -0.4 is 10.6 Å². The first-order valence-electron chi connectivity index (χ1n) is 12.2. The van der Waals surface area contributed by atoms with Crippen molar-refractivity contribution in [3.05, 3.63) is 36.0 Å². The second-order valence-corrected chi connectivity index (χ2v) is 9.12. The molecule has 1 aromatic carbocycles. The van der Waals surface area contributed by atoms with Crippen LogP contribution in [0.2, 0.25) is 0 Å². The molecule has 4 N–H and O–H groups in total. The molecular weight excluding hydrogens is 416 g/mol. The second-order valence-electron chi connectivity index (χ2n) is 9.12. The van der Waals surface area contributed by atoms with E-state index in [1.165, 1.54) is 0 Å². The monoisotopic (exact) mass is 452 g/mol. The number of aliphatic hydroxyl groups excluding tert-OH is 2. The van der Waals surface area contributed by atoms with Crippen molar-refractivity contribution in [2.45, 2.75) is 77.1 Å². The molecule has 1 aliphatic rings. The zero-order valence-corrected chi connectivity index (χ0v) is 19.7. The summed E-state index contributed by atoms with van der Waals surface area (Å²) in [6, 6.07) is 8.88. The molecule has 8 heteroatoms. The molecule has 33 heavy (non-hydrogen) atoms. The van der Waals surface area contributed by atoms with E-state index < -0.39 is 0 Å². The van der Waals surface area contributed by atoms with Gasteiger partial charge in [0.1, 0.15) is 5.69 Å². The molecule has 0 aliphatic heterocycles. The van der Waals surface area contributed by atoms with Gasteiger partial charge >= 0.3 is 0 Å². The highest BCUT2D eigenvalue weighted by Gasteiger charge is 2.25. The minimum atomic E-state index is -0.212. The molecule has 3 aromatic rings. The van der Waals surface area contributed by atoms with E-state index >= 15 is 0 Å². The van der Waals surface area contributed by atoms with Crippen LogP contribution in [0.5, 0.6) is 0 Å². The molecule has 178 valence electrons. The molecule has 0 unspecified atom stereocenters. The summed E-state index contributed by atoms with van der Waals surface area (Å²) in [7, 11) is 0. The topological polar surface area (TPSA) is 108 Å². The van der Waals surface area contributed by atoms with Crippen molar-refractivity contribution in [2.75, 3.05) is 18.5 Å². The molecule has 2 heterocycles. The fraction of sp³-hybridized carbons (Fsp3) is 0.560. The molecule has 1 saturated carbocycles. The minimum absolute atomic E-state index is 0.133. The lowest BCUT2D eigenvalue weighted by Gasteiger charge is -2.25. The SMILES string of the molecule is CCC[C@@H](C)Nc1ncc2c(-c3ccc(CNCCO)cc3)nn([C@H]3CC[C@H](O)CC3)c2n1. The Balaban J connectivity index is 1.67. The van der Waals surface area contributed by atoms with E-state index in [0.717, 1.165) is 66.4 Å². The van der Waals surface area contributed by atoms with Crippen molar-refractivity contribution >= 4 is 17.0 Å². The van der Waals surface area contributed by atoms with E-state index in [0.29, 0.717) is 25.1 Å². The molecule has 0 radical (unpaired) electrons. The Labute approximate surface area is 195 Å². The summed E-state index contributed by atoms with van der Waals surface area (Å²) in [6.45, 7) is 5.76. The first-order chi connectivity index (χ1) is 16.1. The Morgan fingerprint density at radius 2 is 1.91 bits per heavy atom. The summed E-state index contributed by atoms with van der Waals surface area (Å²) in [4.78, 5) is 9.49. The standard InChI is InChI=1S/C25H36N6O2/c1-3-4-17(2)28-25-27-16-22-23(19-7-5-18(6-8-19)15-26-13-14-32)30-31(24(22)29-25)20-9-11-21(33)12-10-20/h5-8,16-17,20-21,26,32-33H,3-4,9-15H2,1-2H3,(H,27,28,29)/t17-,20-,21-/m1/s1. The predicted octanol–water partition coefficient (Wildman–Crippen LogP) is 3.65. The number of hydrogen-bond acceptors (Lipinski definition) is 7. The van der Waals surface area contributed by atoms with E-state index in [2.05, 4.69) is 58.4 Å². The number of aliphatic hydroxyl groups is 2. The first-order valence-corrected chi connectivity index (χ1v) is 12.2. The summed E-state index contributed by atoms with van der Waals surface area (Å²) in [5.74, 6) is 0.636. The van der Waals surface area contributed by atoms with Gasteiger partial charge in [-0.2, -0.15) is 10.1 Å². The van der Waals surface area contributed by atoms with Gasteiger partial charge < -0.3 is 20.8 Å². The maximum atomic E-state index is 9.98. The lowest BCUT2D eigenvalue weighted by Crippen LogP contribution is -2.22. The van der Waals surface area contributed by atoms with Crippen molar-refractivity contribution in [1.82, 2.24) is 25.1 Å². The van der Waals surface area contributed by atoms with Crippen LogP contribution >= 0.6 is 0 Å². The third-order valence-electron chi connectivity index (χ3n) is 6.40. The maximum Gasteiger partial charge on any atom is 0.224 e. The molecule has 0 spiro atoms. The van der Waals surface area contributed by atoms with Crippen LogP contribution in [0.4, 0.5) is 5.95 Å². The number of fused-ring (bicyclic) bond motifs is 1. The first kappa shape index (κ1) is 23.6. The number of benzene rings is 1. The van der Waals surface area contributed by atoms with E-state index in [1.54, 1.807) is 0 Å². The Hall–Kier alpha value is -2.55. The van der Waals surface area contributed by atoms with Crippen molar-refractivity contribution in [3.8, 4) is 11.3 Å². The molecule has 0 bridgehead atoms. The largest absolute Gasteiger partial charge is 0.395 e. The molecule has 2 aromatic heterocycles. The number of aromatic nitrogens is 4. The predicted molar refractivity (Wildman–Crippen MR) is 131 cm³/mol. The van der Waals surface area contributed by atoms with E-state index in [1.807, 2.05) is 6.20 Å². The van der Waals surface area contributed by atoms with Crippen LogP contribution in [0, 0.1) is 0 Å². The van der Waals surface area contributed by atoms with Gasteiger partial charge in [-0.3, -0.25) is 0 Å². The Bertz CT molecular complexity index is 1030. The second kappa shape index (κ2) is 11.0. The van der Waals surface area contributed by atoms with Gasteiger partial charge in [0.2, 0.25) is 5.95 Å². The van der Waals surface area contributed by atoms with Gasteiger partial charge in [0.05, 0.1) is 24.1 Å². The lowest BCUT2D eigenvalue weighted by molar-refractivity contribution is 0.109. The average molecular weight is 453 g/mol. The van der Waals surface area contributed by atoms with Crippen LogP contribution in [0.1, 0.15) is 64.0 Å². The molecule has 0 saturated heterocycles. The quantitative estimate of drug-likeness (QED) is 0.348. The molecule has 0 amide bonds. The summed E-state index contributed by atoms with van der Waals surface area (Å²) < 4.78 is 2.06.